The van der Waals surface area contributed by atoms with Crippen molar-refractivity contribution in [2.24, 2.45) is 4.99 Å². The summed E-state index contributed by atoms with van der Waals surface area (Å²) in [6.07, 6.45) is 3.19. The molecule has 2 heterocycles. The lowest BCUT2D eigenvalue weighted by atomic mass is 10.1. The van der Waals surface area contributed by atoms with Gasteiger partial charge in [0.2, 0.25) is 5.88 Å². The average molecular weight is 349 g/mol. The van der Waals surface area contributed by atoms with Crippen molar-refractivity contribution >= 4 is 12.1 Å². The number of aliphatic imine (C=N–C) groups is 1. The van der Waals surface area contributed by atoms with E-state index in [1.807, 2.05) is 19.1 Å². The van der Waals surface area contributed by atoms with Gasteiger partial charge in [0.05, 0.1) is 13.7 Å². The summed E-state index contributed by atoms with van der Waals surface area (Å²) in [7, 11) is 3.35. The lowest BCUT2D eigenvalue weighted by Crippen LogP contribution is -2.49. The Labute approximate surface area is 148 Å². The first kappa shape index (κ1) is 18.8. The number of amides is 1. The van der Waals surface area contributed by atoms with Crippen molar-refractivity contribution in [3.63, 3.8) is 0 Å². The van der Waals surface area contributed by atoms with Crippen LogP contribution < -0.4 is 15.4 Å². The smallest absolute Gasteiger partial charge is 0.409 e. The van der Waals surface area contributed by atoms with E-state index in [0.29, 0.717) is 32.1 Å². The van der Waals surface area contributed by atoms with Crippen molar-refractivity contribution < 1.29 is 14.3 Å². The first-order valence-corrected chi connectivity index (χ1v) is 8.54. The number of rotatable bonds is 5. The molecule has 2 N–H and O–H groups in total. The number of nitrogens with one attached hydrogen (secondary N) is 2. The largest absolute Gasteiger partial charge is 0.481 e. The number of piperidine rings is 1. The molecule has 0 aliphatic carbocycles. The van der Waals surface area contributed by atoms with Crippen LogP contribution in [0.2, 0.25) is 0 Å². The van der Waals surface area contributed by atoms with E-state index in [0.717, 1.165) is 24.4 Å². The maximum Gasteiger partial charge on any atom is 0.409 e. The number of likely N-dealkylation sites (tertiary alicyclic amines) is 1. The van der Waals surface area contributed by atoms with E-state index < -0.39 is 0 Å². The van der Waals surface area contributed by atoms with Gasteiger partial charge in [-0.15, -0.1) is 0 Å². The van der Waals surface area contributed by atoms with Crippen LogP contribution in [-0.4, -0.2) is 61.8 Å². The quantitative estimate of drug-likeness (QED) is 0.617. The zero-order valence-corrected chi connectivity index (χ0v) is 15.1. The molecule has 0 bridgehead atoms. The molecule has 0 unspecified atom stereocenters. The van der Waals surface area contributed by atoms with Crippen LogP contribution in [0.15, 0.2) is 23.3 Å². The molecule has 1 aromatic rings. The number of ether oxygens (including phenoxy) is 2. The monoisotopic (exact) mass is 349 g/mol. The van der Waals surface area contributed by atoms with Gasteiger partial charge < -0.3 is 25.0 Å². The van der Waals surface area contributed by atoms with E-state index in [2.05, 4.69) is 20.6 Å². The Kier molecular flexibility index (Phi) is 7.31. The third-order valence-corrected chi connectivity index (χ3v) is 4.08. The highest BCUT2D eigenvalue weighted by Gasteiger charge is 2.24. The molecule has 1 amide bonds. The maximum absolute atomic E-state index is 11.7. The fourth-order valence-corrected chi connectivity index (χ4v) is 2.73. The number of nitrogens with zero attached hydrogens (tertiary/aromatic N) is 3. The van der Waals surface area contributed by atoms with Gasteiger partial charge in [0.1, 0.15) is 0 Å². The van der Waals surface area contributed by atoms with Crippen molar-refractivity contribution in [2.75, 3.05) is 33.9 Å². The second-order valence-electron chi connectivity index (χ2n) is 5.70. The number of methoxy groups -OCH3 is 1. The zero-order chi connectivity index (χ0) is 18.1. The first-order chi connectivity index (χ1) is 12.2. The topological polar surface area (TPSA) is 88.1 Å². The van der Waals surface area contributed by atoms with Crippen LogP contribution in [0.1, 0.15) is 25.3 Å². The van der Waals surface area contributed by atoms with Gasteiger partial charge in [-0.2, -0.15) is 0 Å². The Balaban J connectivity index is 1.80. The summed E-state index contributed by atoms with van der Waals surface area (Å²) in [4.78, 5) is 21.9. The zero-order valence-electron chi connectivity index (χ0n) is 15.1. The van der Waals surface area contributed by atoms with E-state index in [9.17, 15) is 4.79 Å². The SMILES string of the molecule is CCOC(=O)N1CCC(NC(=NC)NCc2cccnc2OC)CC1. The Hall–Kier alpha value is -2.51. The second kappa shape index (κ2) is 9.71. The summed E-state index contributed by atoms with van der Waals surface area (Å²) >= 11 is 0. The van der Waals surface area contributed by atoms with Gasteiger partial charge in [-0.1, -0.05) is 6.07 Å². The van der Waals surface area contributed by atoms with Crippen LogP contribution in [-0.2, 0) is 11.3 Å². The molecular weight excluding hydrogens is 322 g/mol. The van der Waals surface area contributed by atoms with Crippen molar-refractivity contribution in [2.45, 2.75) is 32.4 Å². The Morgan fingerprint density at radius 1 is 1.44 bits per heavy atom. The van der Waals surface area contributed by atoms with Crippen LogP contribution in [0.5, 0.6) is 5.88 Å². The number of hydrogen-bond donors (Lipinski definition) is 2. The highest BCUT2D eigenvalue weighted by molar-refractivity contribution is 5.80. The highest BCUT2D eigenvalue weighted by atomic mass is 16.6. The Morgan fingerprint density at radius 3 is 2.84 bits per heavy atom. The minimum atomic E-state index is -0.230. The Bertz CT molecular complexity index is 585. The normalized spacial score (nSPS) is 15.6. The van der Waals surface area contributed by atoms with Crippen molar-refractivity contribution in [3.05, 3.63) is 23.9 Å². The molecule has 138 valence electrons. The van der Waals surface area contributed by atoms with E-state index >= 15 is 0 Å². The van der Waals surface area contributed by atoms with E-state index in [4.69, 9.17) is 9.47 Å². The molecule has 8 nitrogen and oxygen atoms in total. The van der Waals surface area contributed by atoms with Gasteiger partial charge in [0.25, 0.3) is 0 Å². The number of guanidine groups is 1. The second-order valence-corrected chi connectivity index (χ2v) is 5.70. The summed E-state index contributed by atoms with van der Waals surface area (Å²) in [5.41, 5.74) is 0.963. The fourth-order valence-electron chi connectivity index (χ4n) is 2.73. The standard InChI is InChI=1S/C17H27N5O3/c1-4-25-17(23)22-10-7-14(8-11-22)21-16(18-2)20-12-13-6-5-9-19-15(13)24-3/h5-6,9,14H,4,7-8,10-12H2,1-3H3,(H2,18,20,21). The third-order valence-electron chi connectivity index (χ3n) is 4.08. The maximum atomic E-state index is 11.7. The highest BCUT2D eigenvalue weighted by Crippen LogP contribution is 2.13. The number of pyridine rings is 1. The van der Waals surface area contributed by atoms with Gasteiger partial charge in [-0.25, -0.2) is 9.78 Å². The van der Waals surface area contributed by atoms with Gasteiger partial charge in [-0.05, 0) is 25.8 Å². The van der Waals surface area contributed by atoms with Crippen LogP contribution in [0.4, 0.5) is 4.79 Å². The molecule has 0 spiro atoms. The molecule has 1 aromatic heterocycles. The molecule has 0 saturated carbocycles. The summed E-state index contributed by atoms with van der Waals surface area (Å²) in [5, 5.41) is 6.68. The molecule has 0 aromatic carbocycles. The summed E-state index contributed by atoms with van der Waals surface area (Å²) < 4.78 is 10.3. The lowest BCUT2D eigenvalue weighted by Gasteiger charge is -2.32. The molecule has 0 radical (unpaired) electrons. The van der Waals surface area contributed by atoms with Gasteiger partial charge in [0.15, 0.2) is 5.96 Å². The summed E-state index contributed by atoms with van der Waals surface area (Å²) in [6, 6.07) is 4.11. The van der Waals surface area contributed by atoms with Crippen LogP contribution >= 0.6 is 0 Å². The molecule has 1 saturated heterocycles. The Morgan fingerprint density at radius 2 is 2.20 bits per heavy atom. The van der Waals surface area contributed by atoms with Gasteiger partial charge in [0, 0.05) is 44.5 Å². The minimum Gasteiger partial charge on any atom is -0.481 e. The van der Waals surface area contributed by atoms with Gasteiger partial charge >= 0.3 is 6.09 Å². The number of aromatic nitrogens is 1. The molecule has 8 heteroatoms. The molecule has 1 aliphatic heterocycles. The minimum absolute atomic E-state index is 0.230. The van der Waals surface area contributed by atoms with Crippen molar-refractivity contribution in [3.8, 4) is 5.88 Å². The van der Waals surface area contributed by atoms with Crippen LogP contribution in [0.3, 0.4) is 0 Å². The number of carbonyl (C=O) groups excluding carboxylic acids is 1. The van der Waals surface area contributed by atoms with E-state index in [1.165, 1.54) is 0 Å². The molecule has 25 heavy (non-hydrogen) atoms. The lowest BCUT2D eigenvalue weighted by molar-refractivity contribution is 0.0963. The van der Waals surface area contributed by atoms with E-state index in [1.54, 1.807) is 25.3 Å². The third kappa shape index (κ3) is 5.51. The van der Waals surface area contributed by atoms with Crippen LogP contribution in [0, 0.1) is 0 Å². The summed E-state index contributed by atoms with van der Waals surface area (Å²) in [6.45, 7) is 4.16. The average Bonchev–Trinajstić information content (AvgIpc) is 2.66. The predicted octanol–water partition coefficient (Wildman–Crippen LogP) is 1.38. The first-order valence-electron chi connectivity index (χ1n) is 8.54. The van der Waals surface area contributed by atoms with Crippen LogP contribution in [0.25, 0.3) is 0 Å². The van der Waals surface area contributed by atoms with Crippen molar-refractivity contribution in [1.29, 1.82) is 0 Å². The number of hydrogen-bond acceptors (Lipinski definition) is 5. The van der Waals surface area contributed by atoms with E-state index in [-0.39, 0.29) is 12.1 Å². The molecule has 1 aliphatic rings. The molecule has 2 rings (SSSR count). The number of carbonyl (C=O) groups is 1. The molecule has 1 fully saturated rings. The predicted molar refractivity (Wildman–Crippen MR) is 95.7 cm³/mol. The molecular formula is C17H27N5O3. The van der Waals surface area contributed by atoms with Gasteiger partial charge in [-0.3, -0.25) is 4.99 Å². The summed E-state index contributed by atoms with van der Waals surface area (Å²) in [5.74, 6) is 1.33. The molecule has 0 atom stereocenters. The van der Waals surface area contributed by atoms with Crippen molar-refractivity contribution in [1.82, 2.24) is 20.5 Å². The fraction of sp³-hybridized carbons (Fsp3) is 0.588.